The highest BCUT2D eigenvalue weighted by molar-refractivity contribution is 5.88. The summed E-state index contributed by atoms with van der Waals surface area (Å²) in [5, 5.41) is 2.41. The predicted molar refractivity (Wildman–Crippen MR) is 106 cm³/mol. The summed E-state index contributed by atoms with van der Waals surface area (Å²) in [4.78, 5) is 12.6. The summed E-state index contributed by atoms with van der Waals surface area (Å²) in [6, 6.07) is 14.9. The zero-order valence-corrected chi connectivity index (χ0v) is 16.2. The molecule has 2 aromatic carbocycles. The first-order chi connectivity index (χ1) is 12.4. The molecule has 4 rings (SSSR count). The van der Waals surface area contributed by atoms with Crippen LogP contribution in [-0.4, -0.2) is 5.97 Å². The third-order valence-corrected chi connectivity index (χ3v) is 7.66. The van der Waals surface area contributed by atoms with E-state index in [-0.39, 0.29) is 16.8 Å². The molecule has 2 aliphatic rings. The summed E-state index contributed by atoms with van der Waals surface area (Å²) < 4.78 is 6.38. The average Bonchev–Trinajstić information content (AvgIpc) is 2.94. The SMILES string of the molecule is C/C=C/C(=O)O[C@]1(c2cccc3ccccc23)C[C@H]2CC[C@]1(C)C2(C)C. The molecular formula is C24H28O2. The molecule has 2 aliphatic carbocycles. The fourth-order valence-electron chi connectivity index (χ4n) is 5.78. The third-order valence-electron chi connectivity index (χ3n) is 7.66. The topological polar surface area (TPSA) is 26.3 Å². The van der Waals surface area contributed by atoms with Crippen molar-refractivity contribution in [1.82, 2.24) is 0 Å². The minimum absolute atomic E-state index is 0.0773. The molecule has 3 atom stereocenters. The molecule has 2 heteroatoms. The summed E-state index contributed by atoms with van der Waals surface area (Å²) in [5.41, 5.74) is 0.662. The summed E-state index contributed by atoms with van der Waals surface area (Å²) in [6.07, 6.45) is 6.54. The number of rotatable bonds is 3. The van der Waals surface area contributed by atoms with Gasteiger partial charge in [-0.05, 0) is 48.3 Å². The van der Waals surface area contributed by atoms with Crippen molar-refractivity contribution in [2.75, 3.05) is 0 Å². The van der Waals surface area contributed by atoms with Gasteiger partial charge in [-0.25, -0.2) is 4.79 Å². The van der Waals surface area contributed by atoms with Crippen LogP contribution in [0.2, 0.25) is 0 Å². The number of hydrogen-bond donors (Lipinski definition) is 0. The Morgan fingerprint density at radius 1 is 1.12 bits per heavy atom. The molecule has 2 aromatic rings. The van der Waals surface area contributed by atoms with E-state index in [2.05, 4.69) is 63.2 Å². The zero-order valence-electron chi connectivity index (χ0n) is 16.2. The van der Waals surface area contributed by atoms with Crippen LogP contribution in [0.4, 0.5) is 0 Å². The summed E-state index contributed by atoms with van der Waals surface area (Å²) in [7, 11) is 0. The fraction of sp³-hybridized carbons (Fsp3) is 0.458. The second-order valence-corrected chi connectivity index (χ2v) is 8.77. The van der Waals surface area contributed by atoms with Gasteiger partial charge >= 0.3 is 5.97 Å². The number of benzene rings is 2. The molecule has 0 aliphatic heterocycles. The Balaban J connectivity index is 1.97. The van der Waals surface area contributed by atoms with Gasteiger partial charge in [0.15, 0.2) is 0 Å². The van der Waals surface area contributed by atoms with E-state index < -0.39 is 5.60 Å². The normalized spacial score (nSPS) is 32.4. The highest BCUT2D eigenvalue weighted by atomic mass is 16.6. The number of esters is 1. The van der Waals surface area contributed by atoms with Gasteiger partial charge in [-0.2, -0.15) is 0 Å². The highest BCUT2D eigenvalue weighted by Gasteiger charge is 2.71. The van der Waals surface area contributed by atoms with Crippen molar-refractivity contribution < 1.29 is 9.53 Å². The van der Waals surface area contributed by atoms with E-state index >= 15 is 0 Å². The Morgan fingerprint density at radius 2 is 1.85 bits per heavy atom. The van der Waals surface area contributed by atoms with Crippen molar-refractivity contribution in [3.8, 4) is 0 Å². The van der Waals surface area contributed by atoms with E-state index in [9.17, 15) is 4.79 Å². The molecule has 0 N–H and O–H groups in total. The van der Waals surface area contributed by atoms with Crippen LogP contribution in [-0.2, 0) is 15.1 Å². The van der Waals surface area contributed by atoms with E-state index in [1.165, 1.54) is 22.8 Å². The van der Waals surface area contributed by atoms with Crippen LogP contribution >= 0.6 is 0 Å². The Kier molecular flexibility index (Phi) is 3.80. The number of carbonyl (C=O) groups is 1. The van der Waals surface area contributed by atoms with Crippen LogP contribution in [0.15, 0.2) is 54.6 Å². The zero-order chi connectivity index (χ0) is 18.6. The molecule has 2 fully saturated rings. The summed E-state index contributed by atoms with van der Waals surface area (Å²) in [6.45, 7) is 8.92. The molecular weight excluding hydrogens is 320 g/mol. The first-order valence-corrected chi connectivity index (χ1v) is 9.70. The second kappa shape index (κ2) is 5.70. The maximum atomic E-state index is 12.6. The van der Waals surface area contributed by atoms with Crippen LogP contribution in [0.5, 0.6) is 0 Å². The van der Waals surface area contributed by atoms with E-state index in [0.717, 1.165) is 12.8 Å². The lowest BCUT2D eigenvalue weighted by Crippen LogP contribution is -2.48. The summed E-state index contributed by atoms with van der Waals surface area (Å²) in [5.74, 6) is 0.342. The lowest BCUT2D eigenvalue weighted by Gasteiger charge is -2.48. The molecule has 0 saturated heterocycles. The Morgan fingerprint density at radius 3 is 2.50 bits per heavy atom. The number of carbonyl (C=O) groups excluding carboxylic acids is 1. The van der Waals surface area contributed by atoms with Crippen LogP contribution < -0.4 is 0 Å². The van der Waals surface area contributed by atoms with Crippen LogP contribution in [0.1, 0.15) is 52.5 Å². The monoisotopic (exact) mass is 348 g/mol. The van der Waals surface area contributed by atoms with Crippen molar-refractivity contribution in [2.45, 2.75) is 52.6 Å². The quantitative estimate of drug-likeness (QED) is 0.502. The second-order valence-electron chi connectivity index (χ2n) is 8.77. The lowest BCUT2D eigenvalue weighted by molar-refractivity contribution is -0.176. The molecule has 0 radical (unpaired) electrons. The van der Waals surface area contributed by atoms with Crippen molar-refractivity contribution in [3.63, 3.8) is 0 Å². The predicted octanol–water partition coefficient (Wildman–Crippen LogP) is 6.00. The van der Waals surface area contributed by atoms with Crippen molar-refractivity contribution >= 4 is 16.7 Å². The number of ether oxygens (including phenoxy) is 1. The van der Waals surface area contributed by atoms with E-state index in [0.29, 0.717) is 5.92 Å². The first kappa shape index (κ1) is 17.3. The summed E-state index contributed by atoms with van der Waals surface area (Å²) >= 11 is 0. The molecule has 0 unspecified atom stereocenters. The van der Waals surface area contributed by atoms with Gasteiger partial charge in [0.25, 0.3) is 0 Å². The van der Waals surface area contributed by atoms with Gasteiger partial charge in [-0.1, -0.05) is 69.3 Å². The molecule has 26 heavy (non-hydrogen) atoms. The Labute approximate surface area is 156 Å². The van der Waals surface area contributed by atoms with E-state index in [4.69, 9.17) is 4.74 Å². The minimum atomic E-state index is -0.573. The van der Waals surface area contributed by atoms with Crippen molar-refractivity contribution in [2.24, 2.45) is 16.7 Å². The van der Waals surface area contributed by atoms with E-state index in [1.54, 1.807) is 12.2 Å². The number of allylic oxidation sites excluding steroid dienone is 1. The number of hydrogen-bond acceptors (Lipinski definition) is 2. The molecule has 2 nitrogen and oxygen atoms in total. The standard InChI is InChI=1S/C24H28O2/c1-5-9-21(25)26-24(16-18-14-15-23(24,4)22(18,2)3)20-13-8-11-17-10-6-7-12-19(17)20/h5-13,18H,14-16H2,1-4H3/b9-5+/t18-,23-,24+/m1/s1. The van der Waals surface area contributed by atoms with Crippen molar-refractivity contribution in [1.29, 1.82) is 0 Å². The Bertz CT molecular complexity index is 889. The minimum Gasteiger partial charge on any atom is -0.450 e. The average molecular weight is 348 g/mol. The molecule has 0 aromatic heterocycles. The fourth-order valence-corrected chi connectivity index (χ4v) is 5.78. The largest absolute Gasteiger partial charge is 0.450 e. The van der Waals surface area contributed by atoms with Gasteiger partial charge < -0.3 is 4.74 Å². The molecule has 0 amide bonds. The van der Waals surface area contributed by atoms with Gasteiger partial charge in [0.2, 0.25) is 0 Å². The highest BCUT2D eigenvalue weighted by Crippen LogP contribution is 2.74. The molecule has 2 bridgehead atoms. The Hall–Kier alpha value is -2.09. The van der Waals surface area contributed by atoms with Gasteiger partial charge in [-0.3, -0.25) is 0 Å². The van der Waals surface area contributed by atoms with Gasteiger partial charge in [-0.15, -0.1) is 0 Å². The van der Waals surface area contributed by atoms with Crippen LogP contribution in [0.25, 0.3) is 10.8 Å². The molecule has 0 spiro atoms. The van der Waals surface area contributed by atoms with Crippen LogP contribution in [0, 0.1) is 16.7 Å². The molecule has 2 saturated carbocycles. The lowest BCUT2D eigenvalue weighted by atomic mass is 9.61. The third kappa shape index (κ3) is 2.08. The number of fused-ring (bicyclic) bond motifs is 3. The van der Waals surface area contributed by atoms with Crippen LogP contribution in [0.3, 0.4) is 0 Å². The van der Waals surface area contributed by atoms with Gasteiger partial charge in [0.1, 0.15) is 5.60 Å². The van der Waals surface area contributed by atoms with Gasteiger partial charge in [0, 0.05) is 17.1 Å². The maximum absolute atomic E-state index is 12.6. The molecule has 0 heterocycles. The maximum Gasteiger partial charge on any atom is 0.331 e. The first-order valence-electron chi connectivity index (χ1n) is 9.70. The molecule has 136 valence electrons. The van der Waals surface area contributed by atoms with Crippen molar-refractivity contribution in [3.05, 3.63) is 60.2 Å². The van der Waals surface area contributed by atoms with E-state index in [1.807, 2.05) is 6.92 Å². The smallest absolute Gasteiger partial charge is 0.331 e. The van der Waals surface area contributed by atoms with Gasteiger partial charge in [0.05, 0.1) is 0 Å².